The van der Waals surface area contributed by atoms with Gasteiger partial charge in [-0.3, -0.25) is 14.6 Å². The molecule has 200 valence electrons. The van der Waals surface area contributed by atoms with Crippen LogP contribution in [0.25, 0.3) is 11.0 Å². The van der Waals surface area contributed by atoms with Crippen LogP contribution in [0.4, 0.5) is 0 Å². The van der Waals surface area contributed by atoms with E-state index >= 15 is 0 Å². The van der Waals surface area contributed by atoms with Crippen LogP contribution in [0.15, 0.2) is 24.3 Å². The minimum Gasteiger partial charge on any atom is -0.323 e. The summed E-state index contributed by atoms with van der Waals surface area (Å²) in [6, 6.07) is 11.9. The third kappa shape index (κ3) is 4.58. The van der Waals surface area contributed by atoms with E-state index in [2.05, 4.69) is 38.6 Å². The summed E-state index contributed by atoms with van der Waals surface area (Å²) in [5, 5.41) is 0. The van der Waals surface area contributed by atoms with Crippen LogP contribution in [-0.2, 0) is 4.79 Å². The molecule has 2 aliphatic carbocycles. The van der Waals surface area contributed by atoms with Crippen LogP contribution in [-0.4, -0.2) is 56.3 Å². The van der Waals surface area contributed by atoms with Gasteiger partial charge in [0.15, 0.2) is 0 Å². The van der Waals surface area contributed by atoms with Gasteiger partial charge in [-0.1, -0.05) is 44.2 Å². The van der Waals surface area contributed by atoms with Gasteiger partial charge >= 0.3 is 0 Å². The predicted octanol–water partition coefficient (Wildman–Crippen LogP) is 6.68. The van der Waals surface area contributed by atoms with Crippen molar-refractivity contribution in [2.24, 2.45) is 11.8 Å². The highest BCUT2D eigenvalue weighted by atomic mass is 16.1. The van der Waals surface area contributed by atoms with Crippen LogP contribution in [0.5, 0.6) is 0 Å². The lowest BCUT2D eigenvalue weighted by atomic mass is 9.73. The Kier molecular flexibility index (Phi) is 6.65. The maximum absolute atomic E-state index is 12.1. The van der Waals surface area contributed by atoms with Gasteiger partial charge in [0.05, 0.1) is 23.6 Å². The fraction of sp³-hybridized carbons (Fsp3) is 0.750. The van der Waals surface area contributed by atoms with Crippen LogP contribution in [0.3, 0.4) is 0 Å². The van der Waals surface area contributed by atoms with Gasteiger partial charge in [0.1, 0.15) is 11.6 Å². The number of hydrogen-bond donors (Lipinski definition) is 0. The molecule has 5 nitrogen and oxygen atoms in total. The van der Waals surface area contributed by atoms with Crippen molar-refractivity contribution in [1.82, 2.24) is 19.4 Å². The molecule has 4 heterocycles. The molecule has 2 unspecified atom stereocenters. The lowest BCUT2D eigenvalue weighted by Crippen LogP contribution is -2.58. The highest BCUT2D eigenvalue weighted by molar-refractivity contribution is 5.78. The number of nitrogens with zero attached hydrogens (tertiary/aromatic N) is 4. The number of hydrogen-bond acceptors (Lipinski definition) is 4. The molecule has 5 fully saturated rings. The van der Waals surface area contributed by atoms with E-state index in [9.17, 15) is 4.79 Å². The Labute approximate surface area is 223 Å². The van der Waals surface area contributed by atoms with Crippen molar-refractivity contribution in [2.75, 3.05) is 13.1 Å². The molecule has 5 aliphatic rings. The zero-order chi connectivity index (χ0) is 24.9. The van der Waals surface area contributed by atoms with E-state index in [4.69, 9.17) is 4.98 Å². The van der Waals surface area contributed by atoms with Crippen LogP contribution in [0.1, 0.15) is 115 Å². The maximum atomic E-state index is 12.1. The molecule has 3 saturated heterocycles. The molecule has 7 rings (SSSR count). The van der Waals surface area contributed by atoms with E-state index in [1.807, 2.05) is 0 Å². The van der Waals surface area contributed by atoms with Gasteiger partial charge in [0.25, 0.3) is 0 Å². The number of likely N-dealkylation sites (tertiary alicyclic amines) is 1. The number of fused-ring (bicyclic) bond motifs is 5. The Morgan fingerprint density at radius 3 is 2.27 bits per heavy atom. The molecule has 2 aromatic rings. The van der Waals surface area contributed by atoms with E-state index < -0.39 is 0 Å². The maximum Gasteiger partial charge on any atom is 0.143 e. The third-order valence-corrected chi connectivity index (χ3v) is 10.9. The zero-order valence-corrected chi connectivity index (χ0v) is 22.9. The highest BCUT2D eigenvalue weighted by Crippen LogP contribution is 2.48. The minimum atomic E-state index is 0.269. The molecule has 2 saturated carbocycles. The highest BCUT2D eigenvalue weighted by Gasteiger charge is 2.45. The molecule has 3 aliphatic heterocycles. The average Bonchev–Trinajstić information content (AvgIpc) is 3.45. The van der Waals surface area contributed by atoms with Gasteiger partial charge in [0.2, 0.25) is 0 Å². The number of para-hydroxylation sites is 2. The summed E-state index contributed by atoms with van der Waals surface area (Å²) < 4.78 is 2.67. The molecule has 4 bridgehead atoms. The van der Waals surface area contributed by atoms with E-state index in [1.165, 1.54) is 88.4 Å². The van der Waals surface area contributed by atoms with Crippen molar-refractivity contribution in [3.05, 3.63) is 30.1 Å². The van der Waals surface area contributed by atoms with Crippen LogP contribution >= 0.6 is 0 Å². The van der Waals surface area contributed by atoms with Crippen molar-refractivity contribution in [1.29, 1.82) is 0 Å². The summed E-state index contributed by atoms with van der Waals surface area (Å²) in [6.45, 7) is 3.30. The average molecular weight is 503 g/mol. The smallest absolute Gasteiger partial charge is 0.143 e. The molecule has 0 amide bonds. The number of carbonyl (C=O) groups is 1. The number of imidazole rings is 1. The Morgan fingerprint density at radius 1 is 0.811 bits per heavy atom. The first-order valence-corrected chi connectivity index (χ1v) is 15.6. The number of aromatic nitrogens is 2. The summed E-state index contributed by atoms with van der Waals surface area (Å²) in [5.41, 5.74) is 2.45. The standard InChI is InChI=1S/C32H46N4O/c1-22(37)21-34-15-7-14-31(34)32-33-29-12-4-5-13-30(29)36(32)28-19-25-10-6-11-26(20-28)35(25)27-17-23-8-2-3-9-24(16-23)18-27/h4-5,12-13,23-28,31H,2-3,6-11,14-21H2,1H3/t23-,24+,25-,26+,27?,28?,31-/m1/s1. The summed E-state index contributed by atoms with van der Waals surface area (Å²) in [4.78, 5) is 22.8. The SMILES string of the molecule is CC(=O)CN1CCC[C@@H]1c1nc2ccccc2n1C1C[C@H]2CCC[C@@H](C1)N2C1C[C@H]2CCCC[C@@H](C1)C2. The quantitative estimate of drug-likeness (QED) is 0.457. The number of benzene rings is 1. The first-order valence-electron chi connectivity index (χ1n) is 15.6. The molecular formula is C32H46N4O. The van der Waals surface area contributed by atoms with E-state index in [0.29, 0.717) is 12.6 Å². The number of Topliss-reactive ketones (excluding diaryl/α,β-unsaturated/α-hetero) is 1. The molecule has 0 N–H and O–H groups in total. The molecule has 1 aromatic heterocycles. The Balaban J connectivity index is 1.20. The number of piperidine rings is 2. The second-order valence-electron chi connectivity index (χ2n) is 13.3. The molecular weight excluding hydrogens is 456 g/mol. The number of ketones is 1. The van der Waals surface area contributed by atoms with Gasteiger partial charge in [-0.2, -0.15) is 0 Å². The normalized spacial score (nSPS) is 37.1. The van der Waals surface area contributed by atoms with E-state index in [0.717, 1.165) is 54.9 Å². The van der Waals surface area contributed by atoms with E-state index in [-0.39, 0.29) is 11.8 Å². The molecule has 5 heteroatoms. The van der Waals surface area contributed by atoms with Crippen molar-refractivity contribution in [3.63, 3.8) is 0 Å². The summed E-state index contributed by atoms with van der Waals surface area (Å²) in [5.74, 6) is 3.48. The number of carbonyl (C=O) groups excluding carboxylic acids is 1. The summed E-state index contributed by atoms with van der Waals surface area (Å²) in [7, 11) is 0. The largest absolute Gasteiger partial charge is 0.323 e. The molecule has 7 atom stereocenters. The van der Waals surface area contributed by atoms with Gasteiger partial charge in [-0.25, -0.2) is 4.98 Å². The summed E-state index contributed by atoms with van der Waals surface area (Å²) in [6.07, 6.45) is 19.4. The fourth-order valence-corrected chi connectivity index (χ4v) is 9.58. The van der Waals surface area contributed by atoms with Gasteiger partial charge < -0.3 is 4.57 Å². The lowest BCUT2D eigenvalue weighted by Gasteiger charge is -2.55. The second-order valence-corrected chi connectivity index (χ2v) is 13.3. The van der Waals surface area contributed by atoms with Crippen molar-refractivity contribution >= 4 is 16.8 Å². The first kappa shape index (κ1) is 24.3. The van der Waals surface area contributed by atoms with Crippen LogP contribution in [0.2, 0.25) is 0 Å². The second kappa shape index (κ2) is 10.1. The monoisotopic (exact) mass is 502 g/mol. The Hall–Kier alpha value is -1.72. The van der Waals surface area contributed by atoms with Gasteiger partial charge in [-0.05, 0) is 95.2 Å². The summed E-state index contributed by atoms with van der Waals surface area (Å²) >= 11 is 0. The van der Waals surface area contributed by atoms with Gasteiger partial charge in [-0.15, -0.1) is 0 Å². The first-order chi connectivity index (χ1) is 18.1. The third-order valence-electron chi connectivity index (χ3n) is 10.9. The number of rotatable bonds is 5. The Morgan fingerprint density at radius 2 is 1.54 bits per heavy atom. The topological polar surface area (TPSA) is 41.4 Å². The predicted molar refractivity (Wildman–Crippen MR) is 149 cm³/mol. The van der Waals surface area contributed by atoms with Gasteiger partial charge in [0, 0.05) is 24.2 Å². The molecule has 0 spiro atoms. The molecule has 0 radical (unpaired) electrons. The van der Waals surface area contributed by atoms with Crippen molar-refractivity contribution < 1.29 is 4.79 Å². The Bertz CT molecular complexity index is 1100. The fourth-order valence-electron chi connectivity index (χ4n) is 9.58. The van der Waals surface area contributed by atoms with Crippen molar-refractivity contribution in [2.45, 2.75) is 127 Å². The minimum absolute atomic E-state index is 0.269. The zero-order valence-electron chi connectivity index (χ0n) is 22.9. The van der Waals surface area contributed by atoms with Crippen molar-refractivity contribution in [3.8, 4) is 0 Å². The molecule has 1 aromatic carbocycles. The van der Waals surface area contributed by atoms with E-state index in [1.54, 1.807) is 6.92 Å². The van der Waals surface area contributed by atoms with Crippen LogP contribution < -0.4 is 0 Å². The lowest BCUT2D eigenvalue weighted by molar-refractivity contribution is -0.118. The molecule has 37 heavy (non-hydrogen) atoms. The van der Waals surface area contributed by atoms with Crippen LogP contribution in [0, 0.1) is 11.8 Å².